The van der Waals surface area contributed by atoms with E-state index in [1.807, 2.05) is 0 Å². The maximum atomic E-state index is 11.5. The molecule has 0 bridgehead atoms. The van der Waals surface area contributed by atoms with Gasteiger partial charge in [0.25, 0.3) is 0 Å². The standard InChI is InChI=1S/C13H15Cl2NO3/c1-19-8-11(17)7-16-13(18)5-3-9-2-4-10(14)6-12(9)15/h2-6,11,17H,7-8H2,1H3,(H,16,18). The summed E-state index contributed by atoms with van der Waals surface area (Å²) in [6.45, 7) is 0.304. The maximum Gasteiger partial charge on any atom is 0.244 e. The van der Waals surface area contributed by atoms with Crippen molar-refractivity contribution in [2.75, 3.05) is 20.3 Å². The fraction of sp³-hybridized carbons (Fsp3) is 0.308. The van der Waals surface area contributed by atoms with Crippen molar-refractivity contribution in [3.05, 3.63) is 39.9 Å². The predicted molar refractivity (Wildman–Crippen MR) is 76.4 cm³/mol. The molecule has 1 amide bonds. The van der Waals surface area contributed by atoms with Gasteiger partial charge in [0.1, 0.15) is 0 Å². The molecule has 0 saturated carbocycles. The van der Waals surface area contributed by atoms with E-state index in [2.05, 4.69) is 5.32 Å². The Balaban J connectivity index is 2.49. The van der Waals surface area contributed by atoms with Crippen molar-refractivity contribution in [3.8, 4) is 0 Å². The average Bonchev–Trinajstić information content (AvgIpc) is 2.35. The largest absolute Gasteiger partial charge is 0.389 e. The first-order valence-electron chi connectivity index (χ1n) is 5.61. The molecule has 19 heavy (non-hydrogen) atoms. The minimum Gasteiger partial charge on any atom is -0.389 e. The van der Waals surface area contributed by atoms with Crippen molar-refractivity contribution >= 4 is 35.2 Å². The van der Waals surface area contributed by atoms with Gasteiger partial charge in [0, 0.05) is 29.8 Å². The van der Waals surface area contributed by atoms with Crippen LogP contribution in [0.2, 0.25) is 10.0 Å². The summed E-state index contributed by atoms with van der Waals surface area (Å²) in [4.78, 5) is 11.5. The van der Waals surface area contributed by atoms with Gasteiger partial charge in [0.15, 0.2) is 0 Å². The Morgan fingerprint density at radius 2 is 2.26 bits per heavy atom. The summed E-state index contributed by atoms with van der Waals surface area (Å²) in [5, 5.41) is 12.9. The fourth-order valence-electron chi connectivity index (χ4n) is 1.33. The number of rotatable bonds is 6. The molecule has 0 radical (unpaired) electrons. The highest BCUT2D eigenvalue weighted by atomic mass is 35.5. The zero-order valence-electron chi connectivity index (χ0n) is 10.4. The zero-order valence-corrected chi connectivity index (χ0v) is 11.9. The van der Waals surface area contributed by atoms with Crippen LogP contribution in [-0.4, -0.2) is 37.4 Å². The second-order valence-corrected chi connectivity index (χ2v) is 4.70. The lowest BCUT2D eigenvalue weighted by Gasteiger charge is -2.09. The smallest absolute Gasteiger partial charge is 0.244 e. The SMILES string of the molecule is COCC(O)CNC(=O)C=Cc1ccc(Cl)cc1Cl. The minimum atomic E-state index is -0.721. The summed E-state index contributed by atoms with van der Waals surface area (Å²) in [6, 6.07) is 5.00. The molecule has 104 valence electrons. The lowest BCUT2D eigenvalue weighted by Crippen LogP contribution is -2.33. The van der Waals surface area contributed by atoms with Gasteiger partial charge in [-0.3, -0.25) is 4.79 Å². The fourth-order valence-corrected chi connectivity index (χ4v) is 1.80. The number of benzene rings is 1. The average molecular weight is 304 g/mol. The van der Waals surface area contributed by atoms with Gasteiger partial charge in [-0.05, 0) is 23.8 Å². The number of carbonyl (C=O) groups excluding carboxylic acids is 1. The normalized spacial score (nSPS) is 12.6. The van der Waals surface area contributed by atoms with Crippen LogP contribution in [0.4, 0.5) is 0 Å². The van der Waals surface area contributed by atoms with E-state index in [0.29, 0.717) is 15.6 Å². The minimum absolute atomic E-state index is 0.130. The van der Waals surface area contributed by atoms with Gasteiger partial charge in [0.2, 0.25) is 5.91 Å². The Bertz CT molecular complexity index is 463. The van der Waals surface area contributed by atoms with E-state index in [4.69, 9.17) is 27.9 Å². The number of amides is 1. The summed E-state index contributed by atoms with van der Waals surface area (Å²) in [7, 11) is 1.48. The van der Waals surface area contributed by atoms with Crippen molar-refractivity contribution < 1.29 is 14.6 Å². The second-order valence-electron chi connectivity index (χ2n) is 3.85. The van der Waals surface area contributed by atoms with Gasteiger partial charge < -0.3 is 15.2 Å². The van der Waals surface area contributed by atoms with E-state index >= 15 is 0 Å². The molecule has 0 aliphatic carbocycles. The van der Waals surface area contributed by atoms with E-state index in [1.165, 1.54) is 13.2 Å². The number of hydrogen-bond acceptors (Lipinski definition) is 3. The number of aliphatic hydroxyl groups excluding tert-OH is 1. The van der Waals surface area contributed by atoms with Crippen molar-refractivity contribution in [1.82, 2.24) is 5.32 Å². The topological polar surface area (TPSA) is 58.6 Å². The molecule has 0 saturated heterocycles. The van der Waals surface area contributed by atoms with Crippen LogP contribution in [-0.2, 0) is 9.53 Å². The number of methoxy groups -OCH3 is 1. The molecular formula is C13H15Cl2NO3. The first-order valence-corrected chi connectivity index (χ1v) is 6.36. The van der Waals surface area contributed by atoms with Crippen molar-refractivity contribution in [2.24, 2.45) is 0 Å². The Kier molecular flexibility index (Phi) is 6.87. The number of ether oxygens (including phenoxy) is 1. The Labute approximate surface area is 122 Å². The second kappa shape index (κ2) is 8.17. The van der Waals surface area contributed by atoms with Crippen LogP contribution in [0.15, 0.2) is 24.3 Å². The molecule has 0 fully saturated rings. The number of aliphatic hydroxyl groups is 1. The Morgan fingerprint density at radius 3 is 2.89 bits per heavy atom. The Morgan fingerprint density at radius 1 is 1.53 bits per heavy atom. The van der Waals surface area contributed by atoms with Gasteiger partial charge in [-0.2, -0.15) is 0 Å². The third-order valence-corrected chi connectivity index (χ3v) is 2.81. The van der Waals surface area contributed by atoms with Gasteiger partial charge in [-0.1, -0.05) is 29.3 Å². The lowest BCUT2D eigenvalue weighted by molar-refractivity contribution is -0.117. The summed E-state index contributed by atoms with van der Waals surface area (Å²) in [6.07, 6.45) is 2.20. The van der Waals surface area contributed by atoms with Gasteiger partial charge >= 0.3 is 0 Å². The molecule has 1 aromatic rings. The van der Waals surface area contributed by atoms with E-state index in [9.17, 15) is 9.90 Å². The molecule has 1 unspecified atom stereocenters. The molecular weight excluding hydrogens is 289 g/mol. The molecule has 2 N–H and O–H groups in total. The lowest BCUT2D eigenvalue weighted by atomic mass is 10.2. The highest BCUT2D eigenvalue weighted by Crippen LogP contribution is 2.21. The monoisotopic (exact) mass is 303 g/mol. The highest BCUT2D eigenvalue weighted by molar-refractivity contribution is 6.35. The van der Waals surface area contributed by atoms with Crippen molar-refractivity contribution in [1.29, 1.82) is 0 Å². The molecule has 4 nitrogen and oxygen atoms in total. The molecule has 0 heterocycles. The van der Waals surface area contributed by atoms with Crippen LogP contribution in [0.25, 0.3) is 6.08 Å². The van der Waals surface area contributed by atoms with E-state index in [1.54, 1.807) is 24.3 Å². The van der Waals surface area contributed by atoms with Crippen LogP contribution < -0.4 is 5.32 Å². The van der Waals surface area contributed by atoms with Crippen molar-refractivity contribution in [2.45, 2.75) is 6.10 Å². The van der Waals surface area contributed by atoms with E-state index in [-0.39, 0.29) is 19.1 Å². The molecule has 0 spiro atoms. The first-order chi connectivity index (χ1) is 9.02. The number of carbonyl (C=O) groups is 1. The molecule has 1 aromatic carbocycles. The van der Waals surface area contributed by atoms with Crippen molar-refractivity contribution in [3.63, 3.8) is 0 Å². The summed E-state index contributed by atoms with van der Waals surface area (Å²) >= 11 is 11.7. The number of hydrogen-bond donors (Lipinski definition) is 2. The molecule has 6 heteroatoms. The molecule has 1 atom stereocenters. The quantitative estimate of drug-likeness (QED) is 0.792. The van der Waals surface area contributed by atoms with Gasteiger partial charge in [0.05, 0.1) is 12.7 Å². The van der Waals surface area contributed by atoms with Gasteiger partial charge in [-0.25, -0.2) is 0 Å². The van der Waals surface area contributed by atoms with E-state index < -0.39 is 6.10 Å². The molecule has 0 aliphatic rings. The third-order valence-electron chi connectivity index (χ3n) is 2.25. The first kappa shape index (κ1) is 16.0. The number of halogens is 2. The summed E-state index contributed by atoms with van der Waals surface area (Å²) in [5.41, 5.74) is 0.693. The maximum absolute atomic E-state index is 11.5. The number of nitrogens with one attached hydrogen (secondary N) is 1. The summed E-state index contributed by atoms with van der Waals surface area (Å²) in [5.74, 6) is -0.318. The highest BCUT2D eigenvalue weighted by Gasteiger charge is 2.04. The van der Waals surface area contributed by atoms with Crippen LogP contribution in [0.5, 0.6) is 0 Å². The van der Waals surface area contributed by atoms with Crippen LogP contribution >= 0.6 is 23.2 Å². The van der Waals surface area contributed by atoms with E-state index in [0.717, 1.165) is 0 Å². The molecule has 0 aromatic heterocycles. The molecule has 1 rings (SSSR count). The Hall–Kier alpha value is -1.07. The predicted octanol–water partition coefficient (Wildman–Crippen LogP) is 2.13. The van der Waals surface area contributed by atoms with Gasteiger partial charge in [-0.15, -0.1) is 0 Å². The van der Waals surface area contributed by atoms with Crippen LogP contribution in [0.1, 0.15) is 5.56 Å². The summed E-state index contributed by atoms with van der Waals surface area (Å²) < 4.78 is 4.74. The zero-order chi connectivity index (χ0) is 14.3. The van der Waals surface area contributed by atoms with Crippen LogP contribution in [0, 0.1) is 0 Å². The van der Waals surface area contributed by atoms with Crippen LogP contribution in [0.3, 0.4) is 0 Å². The third kappa shape index (κ3) is 6.07. The molecule has 0 aliphatic heterocycles.